The molecule has 0 radical (unpaired) electrons. The van der Waals surface area contributed by atoms with Gasteiger partial charge in [-0.1, -0.05) is 5.16 Å². The van der Waals surface area contributed by atoms with E-state index in [9.17, 15) is 0 Å². The number of nitrogens with zero attached hydrogens (tertiary/aromatic N) is 3. The van der Waals surface area contributed by atoms with Gasteiger partial charge < -0.3 is 19.9 Å². The summed E-state index contributed by atoms with van der Waals surface area (Å²) in [6.45, 7) is 0.703. The fourth-order valence-electron chi connectivity index (χ4n) is 2.27. The number of methoxy groups -OCH3 is 1. The van der Waals surface area contributed by atoms with Crippen molar-refractivity contribution in [3.63, 3.8) is 0 Å². The van der Waals surface area contributed by atoms with Gasteiger partial charge in [0.15, 0.2) is 5.82 Å². The highest BCUT2D eigenvalue weighted by molar-refractivity contribution is 5.00. The molecule has 1 atom stereocenters. The molecular formula is C12H22N4O2. The summed E-state index contributed by atoms with van der Waals surface area (Å²) in [5.41, 5.74) is 5.91. The first-order valence-corrected chi connectivity index (χ1v) is 6.33. The van der Waals surface area contributed by atoms with Gasteiger partial charge in [-0.3, -0.25) is 0 Å². The molecule has 2 N–H and O–H groups in total. The molecule has 18 heavy (non-hydrogen) atoms. The van der Waals surface area contributed by atoms with Crippen molar-refractivity contribution < 1.29 is 9.26 Å². The summed E-state index contributed by atoms with van der Waals surface area (Å²) in [6.07, 6.45) is 4.01. The Morgan fingerprint density at radius 3 is 2.72 bits per heavy atom. The van der Waals surface area contributed by atoms with Crippen LogP contribution in [0.4, 0.5) is 0 Å². The van der Waals surface area contributed by atoms with E-state index in [0.717, 1.165) is 12.8 Å². The van der Waals surface area contributed by atoms with Gasteiger partial charge in [0.25, 0.3) is 0 Å². The molecule has 0 amide bonds. The van der Waals surface area contributed by atoms with Gasteiger partial charge in [-0.2, -0.15) is 4.98 Å². The van der Waals surface area contributed by atoms with Gasteiger partial charge in [-0.15, -0.1) is 0 Å². The molecule has 0 saturated heterocycles. The van der Waals surface area contributed by atoms with Gasteiger partial charge in [0.2, 0.25) is 5.89 Å². The van der Waals surface area contributed by atoms with Gasteiger partial charge >= 0.3 is 0 Å². The Morgan fingerprint density at radius 2 is 2.22 bits per heavy atom. The van der Waals surface area contributed by atoms with Crippen molar-refractivity contribution in [1.29, 1.82) is 0 Å². The molecule has 0 spiro atoms. The van der Waals surface area contributed by atoms with E-state index < -0.39 is 0 Å². The topological polar surface area (TPSA) is 77.4 Å². The maximum Gasteiger partial charge on any atom is 0.229 e. The number of ether oxygens (including phenoxy) is 1. The van der Waals surface area contributed by atoms with E-state index in [1.807, 2.05) is 19.0 Å². The molecule has 1 saturated carbocycles. The van der Waals surface area contributed by atoms with Crippen LogP contribution < -0.4 is 5.73 Å². The Hall–Kier alpha value is -0.980. The van der Waals surface area contributed by atoms with E-state index >= 15 is 0 Å². The zero-order valence-corrected chi connectivity index (χ0v) is 11.3. The van der Waals surface area contributed by atoms with E-state index in [1.54, 1.807) is 7.11 Å². The monoisotopic (exact) mass is 254 g/mol. The molecule has 2 rings (SSSR count). The van der Waals surface area contributed by atoms with Gasteiger partial charge in [0, 0.05) is 13.7 Å². The van der Waals surface area contributed by atoms with Crippen LogP contribution in [0.2, 0.25) is 0 Å². The third kappa shape index (κ3) is 2.88. The molecule has 1 aromatic rings. The smallest absolute Gasteiger partial charge is 0.229 e. The predicted octanol–water partition coefficient (Wildman–Crippen LogP) is 0.743. The van der Waals surface area contributed by atoms with Crippen molar-refractivity contribution in [3.05, 3.63) is 11.7 Å². The number of hydrogen-bond acceptors (Lipinski definition) is 6. The molecule has 1 unspecified atom stereocenters. The molecule has 1 aromatic heterocycles. The Bertz CT molecular complexity index is 382. The molecule has 1 aliphatic carbocycles. The quantitative estimate of drug-likeness (QED) is 0.807. The molecular weight excluding hydrogens is 232 g/mol. The van der Waals surface area contributed by atoms with E-state index in [1.165, 1.54) is 6.42 Å². The van der Waals surface area contributed by atoms with Crippen molar-refractivity contribution in [2.75, 3.05) is 27.7 Å². The Labute approximate surface area is 107 Å². The number of hydrogen-bond donors (Lipinski definition) is 1. The molecule has 102 valence electrons. The van der Waals surface area contributed by atoms with Crippen molar-refractivity contribution in [1.82, 2.24) is 15.0 Å². The number of aromatic nitrogens is 2. The van der Waals surface area contributed by atoms with Crippen LogP contribution in [-0.2, 0) is 11.2 Å². The second kappa shape index (κ2) is 5.34. The predicted molar refractivity (Wildman–Crippen MR) is 67.1 cm³/mol. The molecule has 6 nitrogen and oxygen atoms in total. The summed E-state index contributed by atoms with van der Waals surface area (Å²) in [5.74, 6) is 1.20. The molecule has 1 fully saturated rings. The Balaban J connectivity index is 1.97. The zero-order valence-electron chi connectivity index (χ0n) is 11.3. The molecule has 0 bridgehead atoms. The van der Waals surface area contributed by atoms with Crippen LogP contribution in [0.1, 0.15) is 37.0 Å². The van der Waals surface area contributed by atoms with E-state index in [4.69, 9.17) is 15.0 Å². The lowest BCUT2D eigenvalue weighted by molar-refractivity contribution is -0.0751. The van der Waals surface area contributed by atoms with Crippen LogP contribution in [0.5, 0.6) is 0 Å². The summed E-state index contributed by atoms with van der Waals surface area (Å²) < 4.78 is 10.8. The molecule has 1 heterocycles. The fourth-order valence-corrected chi connectivity index (χ4v) is 2.27. The average molecular weight is 254 g/mol. The van der Waals surface area contributed by atoms with Crippen molar-refractivity contribution in [3.8, 4) is 0 Å². The highest BCUT2D eigenvalue weighted by Crippen LogP contribution is 2.37. The first kappa shape index (κ1) is 13.5. The molecule has 0 aromatic carbocycles. The van der Waals surface area contributed by atoms with Crippen molar-refractivity contribution in [2.24, 2.45) is 5.73 Å². The maximum atomic E-state index is 5.99. The average Bonchev–Trinajstić information content (AvgIpc) is 2.71. The van der Waals surface area contributed by atoms with Gasteiger partial charge in [-0.25, -0.2) is 0 Å². The minimum atomic E-state index is -0.211. The number of nitrogens with two attached hydrogens (primary N) is 1. The lowest BCUT2D eigenvalue weighted by Gasteiger charge is -2.39. The van der Waals surface area contributed by atoms with Gasteiger partial charge in [0.05, 0.1) is 18.1 Å². The second-order valence-corrected chi connectivity index (χ2v) is 5.33. The largest absolute Gasteiger partial charge is 0.378 e. The van der Waals surface area contributed by atoms with Crippen LogP contribution >= 0.6 is 0 Å². The first-order valence-electron chi connectivity index (χ1n) is 6.33. The number of rotatable bonds is 6. The highest BCUT2D eigenvalue weighted by atomic mass is 16.5. The number of likely N-dealkylation sites (N-methyl/N-ethyl adjacent to an activating group) is 1. The first-order chi connectivity index (χ1) is 8.54. The van der Waals surface area contributed by atoms with Crippen LogP contribution in [0.3, 0.4) is 0 Å². The Morgan fingerprint density at radius 1 is 1.50 bits per heavy atom. The minimum absolute atomic E-state index is 0.0879. The van der Waals surface area contributed by atoms with Crippen LogP contribution in [0, 0.1) is 0 Å². The molecule has 0 aliphatic heterocycles. The lowest BCUT2D eigenvalue weighted by atomic mass is 9.77. The van der Waals surface area contributed by atoms with Gasteiger partial charge in [0.1, 0.15) is 0 Å². The third-order valence-electron chi connectivity index (χ3n) is 3.55. The molecule has 6 heteroatoms. The normalized spacial score (nSPS) is 19.8. The SMILES string of the molecule is COC1(Cc2nc(C(N)CN(C)C)no2)CCC1. The Kier molecular flexibility index (Phi) is 3.99. The van der Waals surface area contributed by atoms with Crippen LogP contribution in [0.15, 0.2) is 4.52 Å². The summed E-state index contributed by atoms with van der Waals surface area (Å²) in [6, 6.07) is -0.211. The third-order valence-corrected chi connectivity index (χ3v) is 3.55. The fraction of sp³-hybridized carbons (Fsp3) is 0.833. The van der Waals surface area contributed by atoms with Gasteiger partial charge in [-0.05, 0) is 33.4 Å². The summed E-state index contributed by atoms with van der Waals surface area (Å²) in [4.78, 5) is 6.37. The molecule has 1 aliphatic rings. The van der Waals surface area contributed by atoms with E-state index in [0.29, 0.717) is 24.7 Å². The van der Waals surface area contributed by atoms with E-state index in [2.05, 4.69) is 10.1 Å². The van der Waals surface area contributed by atoms with Crippen LogP contribution in [0.25, 0.3) is 0 Å². The maximum absolute atomic E-state index is 5.99. The highest BCUT2D eigenvalue weighted by Gasteiger charge is 2.39. The van der Waals surface area contributed by atoms with E-state index in [-0.39, 0.29) is 11.6 Å². The van der Waals surface area contributed by atoms with Crippen molar-refractivity contribution >= 4 is 0 Å². The summed E-state index contributed by atoms with van der Waals surface area (Å²) in [5, 5.41) is 3.95. The standard InChI is InChI=1S/C12H22N4O2/c1-16(2)8-9(13)11-14-10(18-15-11)7-12(17-3)5-4-6-12/h9H,4-8,13H2,1-3H3. The lowest BCUT2D eigenvalue weighted by Crippen LogP contribution is -2.41. The summed E-state index contributed by atoms with van der Waals surface area (Å²) >= 11 is 0. The van der Waals surface area contributed by atoms with Crippen LogP contribution in [-0.4, -0.2) is 48.4 Å². The summed E-state index contributed by atoms with van der Waals surface area (Å²) in [7, 11) is 5.68. The minimum Gasteiger partial charge on any atom is -0.378 e. The zero-order chi connectivity index (χ0) is 13.2. The second-order valence-electron chi connectivity index (χ2n) is 5.33. The van der Waals surface area contributed by atoms with Crippen molar-refractivity contribution in [2.45, 2.75) is 37.3 Å².